The van der Waals surface area contributed by atoms with E-state index in [9.17, 15) is 4.79 Å². The molecule has 0 unspecified atom stereocenters. The van der Waals surface area contributed by atoms with Crippen LogP contribution in [0.25, 0.3) is 5.69 Å². The minimum absolute atomic E-state index is 0.143. The Labute approximate surface area is 80.6 Å². The lowest BCUT2D eigenvalue weighted by Gasteiger charge is -2.00. The minimum atomic E-state index is -0.143. The van der Waals surface area contributed by atoms with E-state index in [2.05, 4.69) is 10.2 Å². The van der Waals surface area contributed by atoms with E-state index in [1.807, 2.05) is 13.0 Å². The van der Waals surface area contributed by atoms with E-state index in [1.165, 1.54) is 10.7 Å². The first-order valence-corrected chi connectivity index (χ1v) is 4.23. The van der Waals surface area contributed by atoms with Gasteiger partial charge in [0.2, 0.25) is 0 Å². The molecule has 2 aromatic heterocycles. The summed E-state index contributed by atoms with van der Waals surface area (Å²) in [6.45, 7) is 1.89. The normalized spacial score (nSPS) is 10.4. The van der Waals surface area contributed by atoms with Gasteiger partial charge in [-0.1, -0.05) is 0 Å². The molecule has 14 heavy (non-hydrogen) atoms. The van der Waals surface area contributed by atoms with Crippen LogP contribution >= 0.6 is 0 Å². The molecule has 0 spiro atoms. The van der Waals surface area contributed by atoms with Gasteiger partial charge in [-0.15, -0.1) is 0 Å². The lowest BCUT2D eigenvalue weighted by molar-refractivity contribution is 0.695. The van der Waals surface area contributed by atoms with Crippen LogP contribution in [0.3, 0.4) is 0 Å². The van der Waals surface area contributed by atoms with Crippen LogP contribution in [0.2, 0.25) is 0 Å². The Morgan fingerprint density at radius 3 is 2.79 bits per heavy atom. The van der Waals surface area contributed by atoms with Crippen LogP contribution in [0.15, 0.2) is 29.3 Å². The molecule has 2 aromatic rings. The molecule has 0 aliphatic carbocycles. The van der Waals surface area contributed by atoms with Crippen molar-refractivity contribution in [3.63, 3.8) is 0 Å². The van der Waals surface area contributed by atoms with Gasteiger partial charge in [-0.05, 0) is 13.0 Å². The summed E-state index contributed by atoms with van der Waals surface area (Å²) in [6.07, 6.45) is 3.40. The van der Waals surface area contributed by atoms with Gasteiger partial charge in [0, 0.05) is 19.3 Å². The first-order valence-electron chi connectivity index (χ1n) is 4.23. The highest BCUT2D eigenvalue weighted by molar-refractivity contribution is 5.25. The fraction of sp³-hybridized carbons (Fsp3) is 0.222. The molecule has 0 radical (unpaired) electrons. The largest absolute Gasteiger partial charge is 0.268 e. The van der Waals surface area contributed by atoms with E-state index in [0.717, 1.165) is 5.69 Å². The van der Waals surface area contributed by atoms with Crippen molar-refractivity contribution in [2.75, 3.05) is 0 Å². The maximum atomic E-state index is 11.3. The molecule has 0 bridgehead atoms. The predicted octanol–water partition coefficient (Wildman–Crippen LogP) is 0.274. The Morgan fingerprint density at radius 2 is 2.21 bits per heavy atom. The van der Waals surface area contributed by atoms with Crippen LogP contribution < -0.4 is 5.56 Å². The molecule has 0 saturated carbocycles. The number of aryl methyl sites for hydroxylation is 2. The van der Waals surface area contributed by atoms with Crippen LogP contribution in [0, 0.1) is 6.92 Å². The molecule has 5 heteroatoms. The standard InChI is InChI=1S/C9H10N4O/c1-7-3-4-13(11-7)8-5-9(14)12(2)10-6-8/h3-6H,1-2H3. The molecule has 0 atom stereocenters. The van der Waals surface area contributed by atoms with E-state index in [0.29, 0.717) is 5.69 Å². The highest BCUT2D eigenvalue weighted by Crippen LogP contribution is 2.01. The van der Waals surface area contributed by atoms with E-state index in [-0.39, 0.29) is 5.56 Å². The summed E-state index contributed by atoms with van der Waals surface area (Å²) >= 11 is 0. The van der Waals surface area contributed by atoms with Gasteiger partial charge in [-0.3, -0.25) is 4.79 Å². The number of nitrogens with zero attached hydrogens (tertiary/aromatic N) is 4. The summed E-state index contributed by atoms with van der Waals surface area (Å²) in [5.41, 5.74) is 1.45. The minimum Gasteiger partial charge on any atom is -0.268 e. The van der Waals surface area contributed by atoms with E-state index < -0.39 is 0 Å². The Morgan fingerprint density at radius 1 is 1.43 bits per heavy atom. The molecule has 5 nitrogen and oxygen atoms in total. The van der Waals surface area contributed by atoms with Crippen LogP contribution in [-0.2, 0) is 7.05 Å². The SMILES string of the molecule is Cc1ccn(-c2cnn(C)c(=O)c2)n1. The van der Waals surface area contributed by atoms with Gasteiger partial charge >= 0.3 is 0 Å². The van der Waals surface area contributed by atoms with Crippen LogP contribution in [0.1, 0.15) is 5.69 Å². The Bertz CT molecular complexity index is 512. The quantitative estimate of drug-likeness (QED) is 0.648. The monoisotopic (exact) mass is 190 g/mol. The second-order valence-corrected chi connectivity index (χ2v) is 3.08. The first-order chi connectivity index (χ1) is 6.66. The van der Waals surface area contributed by atoms with Crippen molar-refractivity contribution in [1.82, 2.24) is 19.6 Å². The van der Waals surface area contributed by atoms with Crippen molar-refractivity contribution in [2.24, 2.45) is 7.05 Å². The molecule has 2 rings (SSSR count). The number of hydrogen-bond acceptors (Lipinski definition) is 3. The third-order valence-corrected chi connectivity index (χ3v) is 1.94. The molecule has 0 N–H and O–H groups in total. The Balaban J connectivity index is 2.53. The zero-order chi connectivity index (χ0) is 10.1. The Hall–Kier alpha value is -1.91. The van der Waals surface area contributed by atoms with Gasteiger partial charge in [0.15, 0.2) is 0 Å². The first kappa shape index (κ1) is 8.68. The number of hydrogen-bond donors (Lipinski definition) is 0. The van der Waals surface area contributed by atoms with E-state index >= 15 is 0 Å². The van der Waals surface area contributed by atoms with Crippen molar-refractivity contribution >= 4 is 0 Å². The molecular weight excluding hydrogens is 180 g/mol. The van der Waals surface area contributed by atoms with Crippen molar-refractivity contribution in [2.45, 2.75) is 6.92 Å². The van der Waals surface area contributed by atoms with Gasteiger partial charge in [-0.25, -0.2) is 9.36 Å². The summed E-state index contributed by atoms with van der Waals surface area (Å²) in [5.74, 6) is 0. The summed E-state index contributed by atoms with van der Waals surface area (Å²) < 4.78 is 2.91. The zero-order valence-electron chi connectivity index (χ0n) is 8.01. The fourth-order valence-corrected chi connectivity index (χ4v) is 1.14. The van der Waals surface area contributed by atoms with Crippen molar-refractivity contribution < 1.29 is 0 Å². The van der Waals surface area contributed by atoms with Crippen LogP contribution in [0.5, 0.6) is 0 Å². The number of aromatic nitrogens is 4. The summed E-state index contributed by atoms with van der Waals surface area (Å²) in [4.78, 5) is 11.3. The molecular formula is C9H10N4O. The maximum Gasteiger partial charge on any atom is 0.268 e. The molecule has 0 aromatic carbocycles. The molecule has 0 aliphatic rings. The van der Waals surface area contributed by atoms with Crippen LogP contribution in [-0.4, -0.2) is 19.6 Å². The van der Waals surface area contributed by atoms with Gasteiger partial charge in [-0.2, -0.15) is 10.2 Å². The molecule has 0 fully saturated rings. The van der Waals surface area contributed by atoms with Gasteiger partial charge in [0.1, 0.15) is 0 Å². The molecule has 0 aliphatic heterocycles. The third kappa shape index (κ3) is 1.44. The average Bonchev–Trinajstić information content (AvgIpc) is 2.57. The second kappa shape index (κ2) is 3.10. The van der Waals surface area contributed by atoms with Crippen LogP contribution in [0.4, 0.5) is 0 Å². The maximum absolute atomic E-state index is 11.3. The van der Waals surface area contributed by atoms with Crippen molar-refractivity contribution in [3.05, 3.63) is 40.6 Å². The Kier molecular flexibility index (Phi) is 1.92. The number of rotatable bonds is 1. The van der Waals surface area contributed by atoms with Crippen molar-refractivity contribution in [1.29, 1.82) is 0 Å². The lowest BCUT2D eigenvalue weighted by Crippen LogP contribution is -2.19. The smallest absolute Gasteiger partial charge is 0.268 e. The van der Waals surface area contributed by atoms with Crippen molar-refractivity contribution in [3.8, 4) is 5.69 Å². The molecule has 72 valence electrons. The highest BCUT2D eigenvalue weighted by Gasteiger charge is 2.00. The predicted molar refractivity (Wildman–Crippen MR) is 51.3 cm³/mol. The topological polar surface area (TPSA) is 52.7 Å². The highest BCUT2D eigenvalue weighted by atomic mass is 16.1. The molecule has 2 heterocycles. The summed E-state index contributed by atoms with van der Waals surface area (Å²) in [5, 5.41) is 8.09. The second-order valence-electron chi connectivity index (χ2n) is 3.08. The van der Waals surface area contributed by atoms with Gasteiger partial charge in [0.05, 0.1) is 17.6 Å². The third-order valence-electron chi connectivity index (χ3n) is 1.94. The van der Waals surface area contributed by atoms with Gasteiger partial charge < -0.3 is 0 Å². The lowest BCUT2D eigenvalue weighted by atomic mass is 10.5. The fourth-order valence-electron chi connectivity index (χ4n) is 1.14. The molecule has 0 saturated heterocycles. The molecule has 0 amide bonds. The zero-order valence-corrected chi connectivity index (χ0v) is 8.01. The van der Waals surface area contributed by atoms with Gasteiger partial charge in [0.25, 0.3) is 5.56 Å². The summed E-state index contributed by atoms with van der Waals surface area (Å²) in [6, 6.07) is 3.37. The van der Waals surface area contributed by atoms with E-state index in [1.54, 1.807) is 24.1 Å². The average molecular weight is 190 g/mol. The van der Waals surface area contributed by atoms with E-state index in [4.69, 9.17) is 0 Å². The summed E-state index contributed by atoms with van der Waals surface area (Å²) in [7, 11) is 1.61.